The van der Waals surface area contributed by atoms with Crippen LogP contribution in [-0.2, 0) is 20.7 Å². The lowest BCUT2D eigenvalue weighted by Gasteiger charge is -2.15. The molecule has 3 aromatic rings. The maximum absolute atomic E-state index is 12.2. The molecule has 7 nitrogen and oxygen atoms in total. The van der Waals surface area contributed by atoms with E-state index in [1.54, 1.807) is 24.3 Å². The van der Waals surface area contributed by atoms with Gasteiger partial charge in [-0.25, -0.2) is 5.10 Å². The predicted octanol–water partition coefficient (Wildman–Crippen LogP) is 3.16. The molecule has 0 unspecified atom stereocenters. The molecule has 0 radical (unpaired) electrons. The molecule has 0 aliphatic rings. The van der Waals surface area contributed by atoms with Crippen LogP contribution in [0.5, 0.6) is 0 Å². The molecule has 0 aliphatic heterocycles. The Labute approximate surface area is 168 Å². The second-order valence-corrected chi connectivity index (χ2v) is 6.83. The average Bonchev–Trinajstić information content (AvgIpc) is 2.74. The molecule has 1 heterocycles. The number of esters is 1. The number of carbonyl (C=O) groups is 2. The first-order valence-corrected chi connectivity index (χ1v) is 9.50. The lowest BCUT2D eigenvalue weighted by molar-refractivity contribution is -0.146. The van der Waals surface area contributed by atoms with Crippen molar-refractivity contribution >= 4 is 28.3 Å². The summed E-state index contributed by atoms with van der Waals surface area (Å²) >= 11 is 0. The highest BCUT2D eigenvalue weighted by atomic mass is 16.5. The van der Waals surface area contributed by atoms with Crippen molar-refractivity contribution in [2.75, 3.05) is 11.9 Å². The van der Waals surface area contributed by atoms with Gasteiger partial charge in [-0.1, -0.05) is 50.2 Å². The molecular formula is C22H23N3O4. The third-order valence-electron chi connectivity index (χ3n) is 4.83. The second kappa shape index (κ2) is 9.14. The van der Waals surface area contributed by atoms with Crippen LogP contribution in [0.2, 0.25) is 0 Å². The van der Waals surface area contributed by atoms with Gasteiger partial charge in [-0.2, -0.15) is 5.10 Å². The minimum Gasteiger partial charge on any atom is -0.455 e. The number of fused-ring (bicyclic) bond motifs is 1. The van der Waals surface area contributed by atoms with Crippen LogP contribution in [0.25, 0.3) is 10.8 Å². The van der Waals surface area contributed by atoms with Gasteiger partial charge in [0.05, 0.1) is 17.5 Å². The molecule has 150 valence electrons. The molecule has 2 N–H and O–H groups in total. The number of aromatic nitrogens is 2. The molecule has 0 spiro atoms. The number of ether oxygens (including phenoxy) is 1. The molecule has 2 aromatic carbocycles. The number of carbonyl (C=O) groups excluding carboxylic acids is 2. The highest BCUT2D eigenvalue weighted by Gasteiger charge is 2.15. The van der Waals surface area contributed by atoms with Gasteiger partial charge in [0.2, 0.25) is 0 Å². The normalized spacial score (nSPS) is 11.8. The SMILES string of the molecule is CC[C@@H](C)c1ccccc1NC(=O)COC(=O)Cc1n[nH]c(=O)c2ccccc12. The molecule has 1 aromatic heterocycles. The number of hydrogen-bond donors (Lipinski definition) is 2. The number of hydrogen-bond acceptors (Lipinski definition) is 5. The first kappa shape index (κ1) is 20.3. The van der Waals surface area contributed by atoms with Crippen molar-refractivity contribution in [3.8, 4) is 0 Å². The summed E-state index contributed by atoms with van der Waals surface area (Å²) in [6.45, 7) is 3.78. The number of rotatable bonds is 7. The smallest absolute Gasteiger partial charge is 0.312 e. The van der Waals surface area contributed by atoms with E-state index in [4.69, 9.17) is 4.74 Å². The van der Waals surface area contributed by atoms with Crippen molar-refractivity contribution in [3.05, 3.63) is 70.1 Å². The molecule has 0 bridgehead atoms. The third-order valence-corrected chi connectivity index (χ3v) is 4.83. The lowest BCUT2D eigenvalue weighted by Crippen LogP contribution is -2.23. The molecule has 1 amide bonds. The van der Waals surface area contributed by atoms with Crippen molar-refractivity contribution in [2.24, 2.45) is 0 Å². The summed E-state index contributed by atoms with van der Waals surface area (Å²) in [6.07, 6.45) is 0.802. The molecule has 29 heavy (non-hydrogen) atoms. The fraction of sp³-hybridized carbons (Fsp3) is 0.273. The Morgan fingerprint density at radius 2 is 1.79 bits per heavy atom. The van der Waals surface area contributed by atoms with Gasteiger partial charge >= 0.3 is 5.97 Å². The fourth-order valence-electron chi connectivity index (χ4n) is 3.09. The summed E-state index contributed by atoms with van der Waals surface area (Å²) < 4.78 is 5.10. The molecule has 0 saturated heterocycles. The Morgan fingerprint density at radius 1 is 1.10 bits per heavy atom. The topological polar surface area (TPSA) is 101 Å². The molecule has 0 saturated carbocycles. The number of anilines is 1. The standard InChI is InChI=1S/C22H23N3O4/c1-3-14(2)15-8-6-7-11-18(15)23-20(26)13-29-21(27)12-19-16-9-4-5-10-17(16)22(28)25-24-19/h4-11,14H,3,12-13H2,1-2H3,(H,23,26)(H,25,28)/t14-/m1/s1. The highest BCUT2D eigenvalue weighted by molar-refractivity contribution is 5.94. The van der Waals surface area contributed by atoms with E-state index >= 15 is 0 Å². The van der Waals surface area contributed by atoms with Gasteiger partial charge in [-0.15, -0.1) is 0 Å². The van der Waals surface area contributed by atoms with Gasteiger partial charge in [0.1, 0.15) is 0 Å². The van der Waals surface area contributed by atoms with Crippen molar-refractivity contribution in [2.45, 2.75) is 32.6 Å². The summed E-state index contributed by atoms with van der Waals surface area (Å²) in [6, 6.07) is 14.5. The molecule has 7 heteroatoms. The Kier molecular flexibility index (Phi) is 6.39. The average molecular weight is 393 g/mol. The van der Waals surface area contributed by atoms with Crippen molar-refractivity contribution in [1.29, 1.82) is 0 Å². The number of H-pyrrole nitrogens is 1. The van der Waals surface area contributed by atoms with Crippen LogP contribution in [-0.4, -0.2) is 28.7 Å². The number of amides is 1. The zero-order valence-electron chi connectivity index (χ0n) is 16.4. The van der Waals surface area contributed by atoms with E-state index in [9.17, 15) is 14.4 Å². The van der Waals surface area contributed by atoms with E-state index < -0.39 is 18.5 Å². The van der Waals surface area contributed by atoms with Crippen LogP contribution in [0.4, 0.5) is 5.69 Å². The number of nitrogens with zero attached hydrogens (tertiary/aromatic N) is 1. The largest absolute Gasteiger partial charge is 0.455 e. The highest BCUT2D eigenvalue weighted by Crippen LogP contribution is 2.26. The van der Waals surface area contributed by atoms with Crippen LogP contribution in [0, 0.1) is 0 Å². The van der Waals surface area contributed by atoms with Crippen molar-refractivity contribution in [3.63, 3.8) is 0 Å². The van der Waals surface area contributed by atoms with E-state index in [1.165, 1.54) is 0 Å². The Hall–Kier alpha value is -3.48. The maximum Gasteiger partial charge on any atom is 0.312 e. The van der Waals surface area contributed by atoms with Gasteiger partial charge < -0.3 is 10.1 Å². The van der Waals surface area contributed by atoms with Crippen LogP contribution >= 0.6 is 0 Å². The van der Waals surface area contributed by atoms with E-state index in [0.717, 1.165) is 17.7 Å². The minimum atomic E-state index is -0.597. The monoisotopic (exact) mass is 393 g/mol. The second-order valence-electron chi connectivity index (χ2n) is 6.83. The van der Waals surface area contributed by atoms with Gasteiger partial charge in [-0.05, 0) is 30.0 Å². The van der Waals surface area contributed by atoms with Gasteiger partial charge in [0.25, 0.3) is 11.5 Å². The first-order valence-electron chi connectivity index (χ1n) is 9.50. The van der Waals surface area contributed by atoms with Gasteiger partial charge in [-0.3, -0.25) is 14.4 Å². The number of benzene rings is 2. The Bertz CT molecular complexity index is 1090. The summed E-state index contributed by atoms with van der Waals surface area (Å²) in [5, 5.41) is 10.2. The first-order chi connectivity index (χ1) is 14.0. The van der Waals surface area contributed by atoms with E-state index in [-0.39, 0.29) is 12.0 Å². The van der Waals surface area contributed by atoms with E-state index in [1.807, 2.05) is 24.3 Å². The zero-order chi connectivity index (χ0) is 20.8. The third kappa shape index (κ3) is 4.87. The molecular weight excluding hydrogens is 370 g/mol. The quantitative estimate of drug-likeness (QED) is 0.601. The summed E-state index contributed by atoms with van der Waals surface area (Å²) in [5.74, 6) is -0.706. The maximum atomic E-state index is 12.2. The molecule has 1 atom stereocenters. The van der Waals surface area contributed by atoms with Gasteiger partial charge in [0, 0.05) is 11.1 Å². The van der Waals surface area contributed by atoms with Crippen LogP contribution in [0.3, 0.4) is 0 Å². The summed E-state index contributed by atoms with van der Waals surface area (Å²) in [7, 11) is 0. The Morgan fingerprint density at radius 3 is 2.55 bits per heavy atom. The van der Waals surface area contributed by atoms with Crippen LogP contribution in [0.1, 0.15) is 37.4 Å². The fourth-order valence-corrected chi connectivity index (χ4v) is 3.09. The number of nitrogens with one attached hydrogen (secondary N) is 2. The number of para-hydroxylation sites is 1. The van der Waals surface area contributed by atoms with E-state index in [0.29, 0.717) is 22.4 Å². The molecule has 0 fully saturated rings. The zero-order valence-corrected chi connectivity index (χ0v) is 16.4. The van der Waals surface area contributed by atoms with Crippen LogP contribution < -0.4 is 10.9 Å². The van der Waals surface area contributed by atoms with Crippen molar-refractivity contribution < 1.29 is 14.3 Å². The number of aromatic amines is 1. The lowest BCUT2D eigenvalue weighted by atomic mass is 9.97. The Balaban J connectivity index is 1.61. The minimum absolute atomic E-state index is 0.145. The van der Waals surface area contributed by atoms with Crippen molar-refractivity contribution in [1.82, 2.24) is 10.2 Å². The summed E-state index contributed by atoms with van der Waals surface area (Å²) in [4.78, 5) is 36.2. The molecule has 3 rings (SSSR count). The van der Waals surface area contributed by atoms with Crippen LogP contribution in [0.15, 0.2) is 53.3 Å². The predicted molar refractivity (Wildman–Crippen MR) is 111 cm³/mol. The summed E-state index contributed by atoms with van der Waals surface area (Å²) in [5.41, 5.74) is 1.83. The molecule has 0 aliphatic carbocycles. The van der Waals surface area contributed by atoms with Gasteiger partial charge in [0.15, 0.2) is 6.61 Å². The van der Waals surface area contributed by atoms with E-state index in [2.05, 4.69) is 29.4 Å².